The number of rotatable bonds is 13. The van der Waals surface area contributed by atoms with Crippen LogP contribution in [0.3, 0.4) is 0 Å². The van der Waals surface area contributed by atoms with Gasteiger partial charge in [-0.2, -0.15) is 0 Å². The monoisotopic (exact) mass is 991 g/mol. The maximum atomic E-state index is 15.1. The summed E-state index contributed by atoms with van der Waals surface area (Å²) in [6.07, 6.45) is 3.41. The van der Waals surface area contributed by atoms with Crippen LogP contribution in [0, 0.1) is 34.8 Å². The number of hydrogen-bond donors (Lipinski definition) is 5. The summed E-state index contributed by atoms with van der Waals surface area (Å²) in [5.74, 6) is -7.05. The summed E-state index contributed by atoms with van der Waals surface area (Å²) in [6, 6.07) is 15.0. The fourth-order valence-corrected chi connectivity index (χ4v) is 9.70. The number of fused-ring (bicyclic) bond motifs is 1. The second kappa shape index (κ2) is 24.3. The molecule has 0 aromatic heterocycles. The summed E-state index contributed by atoms with van der Waals surface area (Å²) < 4.78 is 5.60. The lowest BCUT2D eigenvalue weighted by Crippen LogP contribution is -2.63. The SMILES string of the molecule is C/C=C\[C@H]1C[C@H]2C(=O)N(C)[C@H](C)[C@@H](NC(=O)OCc3ccc(C)cc3)C(=O)NC([C@H](C)c3ccccc3)C(=O)N[C@H](C[C@H]3C[C@H]3[N+](=O)[O-])C(=O)N[C@@H]([C@H](C)c3ccccc3)C(=O)N[C@@H]([C@@H](C)CC)C(=O)N2C1. The summed E-state index contributed by atoms with van der Waals surface area (Å²) in [5.41, 5.74) is 2.98. The molecule has 2 aliphatic heterocycles. The minimum atomic E-state index is -1.56. The highest BCUT2D eigenvalue weighted by Crippen LogP contribution is 2.37. The molecule has 6 rings (SSSR count). The molecule has 2 heterocycles. The molecule has 18 nitrogen and oxygen atoms in total. The molecule has 1 aliphatic carbocycles. The van der Waals surface area contributed by atoms with Gasteiger partial charge in [-0.3, -0.25) is 38.9 Å². The topological polar surface area (TPSA) is 238 Å². The molecule has 1 saturated carbocycles. The molecule has 7 amide bonds. The number of nitrogens with one attached hydrogen (secondary N) is 5. The third kappa shape index (κ3) is 13.2. The molecule has 13 atom stereocenters. The Labute approximate surface area is 421 Å². The van der Waals surface area contributed by atoms with Gasteiger partial charge in [-0.1, -0.05) is 137 Å². The second-order valence-corrected chi connectivity index (χ2v) is 19.8. The lowest BCUT2D eigenvalue weighted by molar-refractivity contribution is -0.498. The van der Waals surface area contributed by atoms with E-state index in [-0.39, 0.29) is 38.3 Å². The van der Waals surface area contributed by atoms with Gasteiger partial charge < -0.3 is 41.1 Å². The van der Waals surface area contributed by atoms with E-state index >= 15 is 4.79 Å². The molecule has 0 bridgehead atoms. The van der Waals surface area contributed by atoms with Crippen LogP contribution in [-0.2, 0) is 40.1 Å². The van der Waals surface area contributed by atoms with Gasteiger partial charge in [0.25, 0.3) is 0 Å². The maximum Gasteiger partial charge on any atom is 0.408 e. The number of amides is 7. The molecule has 386 valence electrons. The number of nitrogens with zero attached hydrogens (tertiary/aromatic N) is 3. The van der Waals surface area contributed by atoms with Crippen LogP contribution in [-0.4, -0.2) is 118 Å². The van der Waals surface area contributed by atoms with Crippen molar-refractivity contribution in [3.05, 3.63) is 129 Å². The van der Waals surface area contributed by atoms with Crippen molar-refractivity contribution < 1.29 is 43.2 Å². The average Bonchev–Trinajstić information content (AvgIpc) is 4.04. The van der Waals surface area contributed by atoms with Crippen molar-refractivity contribution in [3.8, 4) is 0 Å². The molecule has 3 aromatic rings. The fourth-order valence-electron chi connectivity index (χ4n) is 9.70. The van der Waals surface area contributed by atoms with Gasteiger partial charge in [0.1, 0.15) is 42.9 Å². The van der Waals surface area contributed by atoms with E-state index in [4.69, 9.17) is 4.74 Å². The Morgan fingerprint density at radius 1 is 0.792 bits per heavy atom. The lowest BCUT2D eigenvalue weighted by atomic mass is 9.90. The van der Waals surface area contributed by atoms with Gasteiger partial charge >= 0.3 is 6.09 Å². The largest absolute Gasteiger partial charge is 0.445 e. The van der Waals surface area contributed by atoms with Gasteiger partial charge in [0.15, 0.2) is 0 Å². The molecule has 3 aliphatic rings. The number of nitro groups is 1. The average molecular weight is 991 g/mol. The first kappa shape index (κ1) is 54.2. The Kier molecular flexibility index (Phi) is 18.3. The van der Waals surface area contributed by atoms with Gasteiger partial charge in [-0.15, -0.1) is 0 Å². The van der Waals surface area contributed by atoms with Gasteiger partial charge in [0.2, 0.25) is 41.5 Å². The second-order valence-electron chi connectivity index (χ2n) is 19.8. The third-order valence-corrected chi connectivity index (χ3v) is 14.8. The quantitative estimate of drug-likeness (QED) is 0.0883. The van der Waals surface area contributed by atoms with Crippen LogP contribution in [0.2, 0.25) is 0 Å². The molecule has 18 heteroatoms. The smallest absolute Gasteiger partial charge is 0.408 e. The van der Waals surface area contributed by atoms with Crippen LogP contribution in [0.5, 0.6) is 0 Å². The molecule has 3 fully saturated rings. The molecule has 1 unspecified atom stereocenters. The maximum absolute atomic E-state index is 15.1. The van der Waals surface area contributed by atoms with Crippen LogP contribution in [0.1, 0.15) is 101 Å². The van der Waals surface area contributed by atoms with E-state index in [2.05, 4.69) is 26.6 Å². The van der Waals surface area contributed by atoms with Crippen molar-refractivity contribution in [2.45, 2.75) is 141 Å². The van der Waals surface area contributed by atoms with Crippen LogP contribution < -0.4 is 26.6 Å². The van der Waals surface area contributed by atoms with Crippen molar-refractivity contribution in [2.24, 2.45) is 17.8 Å². The fraction of sp³-hybridized carbons (Fsp3) is 0.500. The number of ether oxygens (including phenoxy) is 1. The van der Waals surface area contributed by atoms with E-state index in [1.807, 2.05) is 52.0 Å². The number of allylic oxidation sites excluding steroid dienone is 1. The Hall–Kier alpha value is -7.11. The van der Waals surface area contributed by atoms with E-state index in [0.29, 0.717) is 23.1 Å². The Balaban J connectivity index is 1.47. The number of likely N-dealkylation sites (N-methyl/N-ethyl adjacent to an activating group) is 1. The number of carbonyl (C=O) groups excluding carboxylic acids is 7. The summed E-state index contributed by atoms with van der Waals surface area (Å²) in [7, 11) is 1.47. The van der Waals surface area contributed by atoms with Crippen molar-refractivity contribution in [2.75, 3.05) is 13.6 Å². The van der Waals surface area contributed by atoms with E-state index < -0.39 is 118 Å². The van der Waals surface area contributed by atoms with E-state index in [1.165, 1.54) is 16.8 Å². The zero-order valence-corrected chi connectivity index (χ0v) is 42.4. The summed E-state index contributed by atoms with van der Waals surface area (Å²) in [4.78, 5) is 118. The van der Waals surface area contributed by atoms with E-state index in [0.717, 1.165) is 5.56 Å². The molecule has 72 heavy (non-hydrogen) atoms. The van der Waals surface area contributed by atoms with Crippen molar-refractivity contribution in [1.29, 1.82) is 0 Å². The van der Waals surface area contributed by atoms with E-state index in [1.54, 1.807) is 93.6 Å². The summed E-state index contributed by atoms with van der Waals surface area (Å²) in [6.45, 7) is 12.4. The minimum absolute atomic E-state index is 0.138. The molecule has 0 radical (unpaired) electrons. The molecular weight excluding hydrogens is 921 g/mol. The van der Waals surface area contributed by atoms with Gasteiger partial charge in [-0.05, 0) is 62.1 Å². The zero-order valence-electron chi connectivity index (χ0n) is 42.4. The number of carbonyl (C=O) groups is 7. The van der Waals surface area contributed by atoms with Crippen molar-refractivity contribution in [1.82, 2.24) is 36.4 Å². The Morgan fingerprint density at radius 3 is 1.89 bits per heavy atom. The minimum Gasteiger partial charge on any atom is -0.445 e. The number of hydrogen-bond acceptors (Lipinski definition) is 10. The number of alkyl carbamates (subject to hydrolysis) is 1. The highest BCUT2D eigenvalue weighted by atomic mass is 16.6. The predicted molar refractivity (Wildman–Crippen MR) is 269 cm³/mol. The zero-order chi connectivity index (χ0) is 52.4. The van der Waals surface area contributed by atoms with Crippen molar-refractivity contribution >= 4 is 41.5 Å². The van der Waals surface area contributed by atoms with Crippen molar-refractivity contribution in [3.63, 3.8) is 0 Å². The molecule has 2 saturated heterocycles. The first-order valence-corrected chi connectivity index (χ1v) is 25.0. The molecule has 3 aromatic carbocycles. The van der Waals surface area contributed by atoms with Crippen LogP contribution in [0.15, 0.2) is 97.1 Å². The van der Waals surface area contributed by atoms with Gasteiger partial charge in [0.05, 0.1) is 6.04 Å². The van der Waals surface area contributed by atoms with Gasteiger partial charge in [0, 0.05) is 42.7 Å². The summed E-state index contributed by atoms with van der Waals surface area (Å²) in [5, 5.41) is 26.0. The molecule has 0 spiro atoms. The first-order chi connectivity index (χ1) is 34.3. The highest BCUT2D eigenvalue weighted by Gasteiger charge is 2.51. The van der Waals surface area contributed by atoms with Gasteiger partial charge in [-0.25, -0.2) is 4.79 Å². The normalized spacial score (nSPS) is 27.9. The third-order valence-electron chi connectivity index (χ3n) is 14.8. The number of aryl methyl sites for hydroxylation is 1. The standard InChI is InChI=1S/C54H70N8O10/c1-9-17-37-26-43-52(67)60(8)35(7)47(59-54(69)72-30-36-24-22-31(3)23-25-36)51(66)58-45(33(5)38-18-13-11-14-19-38)49(64)55-41(27-40-28-42(40)62(70)71)48(63)57-46(34(6)39-20-15-12-16-21-39)50(65)56-44(32(4)10-2)53(68)61(43)29-37/h9,11-25,32-35,37,40-47H,10,26-30H2,1-8H3,(H,55,64)(H,56,65)(H,57,63)(H,58,66)(H,59,69)/b17-9-/t32-,33+,34+,35+,37-,40-,41+,42+,43-,44-,45?,46-,47+/m0/s1. The molecular formula is C54H70N8O10. The van der Waals surface area contributed by atoms with Crippen LogP contribution >= 0.6 is 0 Å². The highest BCUT2D eigenvalue weighted by molar-refractivity contribution is 5.98. The van der Waals surface area contributed by atoms with Crippen LogP contribution in [0.4, 0.5) is 4.79 Å². The Morgan fingerprint density at radius 2 is 1.35 bits per heavy atom. The number of benzene rings is 3. The molecule has 5 N–H and O–H groups in total. The lowest BCUT2D eigenvalue weighted by Gasteiger charge is -2.37. The Bertz CT molecular complexity index is 2460. The van der Waals surface area contributed by atoms with Crippen LogP contribution in [0.25, 0.3) is 0 Å². The van der Waals surface area contributed by atoms with E-state index in [9.17, 15) is 38.9 Å². The first-order valence-electron chi connectivity index (χ1n) is 25.0. The predicted octanol–water partition coefficient (Wildman–Crippen LogP) is 4.89. The summed E-state index contributed by atoms with van der Waals surface area (Å²) >= 11 is 0.